The van der Waals surface area contributed by atoms with E-state index in [9.17, 15) is 4.79 Å². The number of amides is 1. The fourth-order valence-electron chi connectivity index (χ4n) is 0.932. The molecule has 0 radical (unpaired) electrons. The highest BCUT2D eigenvalue weighted by molar-refractivity contribution is 8.22. The molecule has 0 aliphatic carbocycles. The van der Waals surface area contributed by atoms with Crippen LogP contribution in [0, 0.1) is 11.3 Å². The molecule has 0 spiro atoms. The monoisotopic (exact) mass is 214 g/mol. The van der Waals surface area contributed by atoms with Crippen molar-refractivity contribution in [3.8, 4) is 6.07 Å². The largest absolute Gasteiger partial charge is 0.340 e. The molecule has 3 nitrogen and oxygen atoms in total. The van der Waals surface area contributed by atoms with E-state index >= 15 is 0 Å². The van der Waals surface area contributed by atoms with E-state index in [1.807, 2.05) is 19.9 Å². The molecule has 1 unspecified atom stereocenters. The Balaban J connectivity index is 2.93. The van der Waals surface area contributed by atoms with Crippen LogP contribution in [0.25, 0.3) is 0 Å². The third-order valence-corrected chi connectivity index (χ3v) is 3.72. The molecule has 5 heteroatoms. The van der Waals surface area contributed by atoms with E-state index in [1.54, 1.807) is 11.8 Å². The van der Waals surface area contributed by atoms with Crippen molar-refractivity contribution in [1.82, 2.24) is 5.32 Å². The first-order valence-corrected chi connectivity index (χ1v) is 5.80. The van der Waals surface area contributed by atoms with Crippen LogP contribution in [-0.4, -0.2) is 17.0 Å². The number of nitriles is 1. The van der Waals surface area contributed by atoms with Gasteiger partial charge >= 0.3 is 0 Å². The Kier molecular flexibility index (Phi) is 3.70. The molecule has 70 valence electrons. The molecule has 13 heavy (non-hydrogen) atoms. The minimum absolute atomic E-state index is 0.0682. The van der Waals surface area contributed by atoms with Crippen LogP contribution in [0.4, 0.5) is 0 Å². The minimum atomic E-state index is -0.246. The van der Waals surface area contributed by atoms with Crippen molar-refractivity contribution in [2.45, 2.75) is 19.2 Å². The van der Waals surface area contributed by atoms with Gasteiger partial charge in [0.25, 0.3) is 5.91 Å². The lowest BCUT2D eigenvalue weighted by Gasteiger charge is -2.21. The highest BCUT2D eigenvalue weighted by Gasteiger charge is 2.24. The number of hydrogen-bond donors (Lipinski definition) is 1. The van der Waals surface area contributed by atoms with Crippen molar-refractivity contribution in [2.75, 3.05) is 5.75 Å². The molecule has 1 heterocycles. The summed E-state index contributed by atoms with van der Waals surface area (Å²) < 4.78 is 0.848. The van der Waals surface area contributed by atoms with Gasteiger partial charge < -0.3 is 5.32 Å². The van der Waals surface area contributed by atoms with E-state index in [0.717, 1.165) is 9.99 Å². The van der Waals surface area contributed by atoms with Crippen molar-refractivity contribution in [2.24, 2.45) is 0 Å². The Labute approximate surface area is 85.9 Å². The predicted molar refractivity (Wildman–Crippen MR) is 56.0 cm³/mol. The van der Waals surface area contributed by atoms with E-state index in [-0.39, 0.29) is 16.9 Å². The van der Waals surface area contributed by atoms with Gasteiger partial charge in [-0.15, -0.1) is 11.8 Å². The first-order valence-electron chi connectivity index (χ1n) is 3.93. The van der Waals surface area contributed by atoms with Gasteiger partial charge in [0.05, 0.1) is 9.61 Å². The molecule has 0 saturated heterocycles. The second-order valence-electron chi connectivity index (χ2n) is 2.44. The smallest absolute Gasteiger partial charge is 0.264 e. The molecular formula is C8H10N2OS2. The second-order valence-corrected chi connectivity index (χ2v) is 5.32. The van der Waals surface area contributed by atoms with E-state index in [1.165, 1.54) is 11.8 Å². The molecule has 1 aliphatic heterocycles. The SMILES string of the molecule is CCSC1=C(C#N)C(=O)NC(C)S1. The molecular weight excluding hydrogens is 204 g/mol. The summed E-state index contributed by atoms with van der Waals surface area (Å²) in [4.78, 5) is 11.3. The van der Waals surface area contributed by atoms with Crippen LogP contribution in [-0.2, 0) is 4.79 Å². The zero-order valence-electron chi connectivity index (χ0n) is 7.46. The summed E-state index contributed by atoms with van der Waals surface area (Å²) in [5.74, 6) is 0.637. The molecule has 1 aliphatic rings. The van der Waals surface area contributed by atoms with Crippen LogP contribution in [0.3, 0.4) is 0 Å². The first-order chi connectivity index (χ1) is 6.19. The maximum atomic E-state index is 11.3. The summed E-state index contributed by atoms with van der Waals surface area (Å²) in [7, 11) is 0. The quantitative estimate of drug-likeness (QED) is 0.760. The standard InChI is InChI=1S/C8H10N2OS2/c1-3-12-8-6(4-9)7(11)10-5(2)13-8/h5H,3H2,1-2H3,(H,10,11). The lowest BCUT2D eigenvalue weighted by Crippen LogP contribution is -2.34. The lowest BCUT2D eigenvalue weighted by molar-refractivity contribution is -0.117. The number of thioether (sulfide) groups is 2. The Hall–Kier alpha value is -0.600. The summed E-state index contributed by atoms with van der Waals surface area (Å²) in [5, 5.41) is 11.5. The van der Waals surface area contributed by atoms with Gasteiger partial charge in [-0.25, -0.2) is 0 Å². The van der Waals surface area contributed by atoms with Crippen LogP contribution < -0.4 is 5.32 Å². The minimum Gasteiger partial charge on any atom is -0.340 e. The van der Waals surface area contributed by atoms with Crippen molar-refractivity contribution in [3.05, 3.63) is 9.81 Å². The molecule has 0 aromatic rings. The van der Waals surface area contributed by atoms with Crippen molar-refractivity contribution < 1.29 is 4.79 Å². The fraction of sp³-hybridized carbons (Fsp3) is 0.500. The molecule has 1 N–H and O–H groups in total. The van der Waals surface area contributed by atoms with E-state index < -0.39 is 0 Å². The average Bonchev–Trinajstić information content (AvgIpc) is 2.04. The zero-order chi connectivity index (χ0) is 9.84. The topological polar surface area (TPSA) is 52.9 Å². The Morgan fingerprint density at radius 3 is 3.00 bits per heavy atom. The van der Waals surface area contributed by atoms with Gasteiger partial charge in [0.1, 0.15) is 11.6 Å². The number of carbonyl (C=O) groups excluding carboxylic acids is 1. The van der Waals surface area contributed by atoms with Crippen LogP contribution >= 0.6 is 23.5 Å². The number of hydrogen-bond acceptors (Lipinski definition) is 4. The van der Waals surface area contributed by atoms with Gasteiger partial charge in [-0.05, 0) is 12.7 Å². The van der Waals surface area contributed by atoms with Gasteiger partial charge in [0, 0.05) is 0 Å². The van der Waals surface area contributed by atoms with E-state index in [2.05, 4.69) is 5.32 Å². The van der Waals surface area contributed by atoms with E-state index in [4.69, 9.17) is 5.26 Å². The van der Waals surface area contributed by atoms with Crippen LogP contribution in [0.1, 0.15) is 13.8 Å². The molecule has 1 rings (SSSR count). The normalized spacial score (nSPS) is 22.5. The summed E-state index contributed by atoms with van der Waals surface area (Å²) in [6, 6.07) is 1.94. The molecule has 0 bridgehead atoms. The molecule has 1 amide bonds. The number of carbonyl (C=O) groups is 1. The fourth-order valence-corrected chi connectivity index (χ4v) is 3.28. The van der Waals surface area contributed by atoms with Crippen LogP contribution in [0.5, 0.6) is 0 Å². The van der Waals surface area contributed by atoms with Crippen molar-refractivity contribution in [1.29, 1.82) is 5.26 Å². The first kappa shape index (κ1) is 10.5. The molecule has 0 aromatic heterocycles. The zero-order valence-corrected chi connectivity index (χ0v) is 9.09. The maximum absolute atomic E-state index is 11.3. The Morgan fingerprint density at radius 2 is 2.46 bits per heavy atom. The number of nitrogens with one attached hydrogen (secondary N) is 1. The summed E-state index contributed by atoms with van der Waals surface area (Å²) in [5.41, 5.74) is 0.259. The molecule has 0 aromatic carbocycles. The van der Waals surface area contributed by atoms with Gasteiger partial charge in [-0.3, -0.25) is 4.79 Å². The third kappa shape index (κ3) is 2.42. The Morgan fingerprint density at radius 1 is 1.77 bits per heavy atom. The van der Waals surface area contributed by atoms with Crippen LogP contribution in [0.15, 0.2) is 9.81 Å². The third-order valence-electron chi connectivity index (χ3n) is 1.44. The molecule has 1 atom stereocenters. The number of rotatable bonds is 2. The lowest BCUT2D eigenvalue weighted by atomic mass is 10.3. The maximum Gasteiger partial charge on any atom is 0.264 e. The van der Waals surface area contributed by atoms with Gasteiger partial charge in [-0.1, -0.05) is 18.7 Å². The average molecular weight is 214 g/mol. The van der Waals surface area contributed by atoms with Gasteiger partial charge in [-0.2, -0.15) is 5.26 Å². The second kappa shape index (κ2) is 4.58. The van der Waals surface area contributed by atoms with Crippen LogP contribution in [0.2, 0.25) is 0 Å². The van der Waals surface area contributed by atoms with Gasteiger partial charge in [0.15, 0.2) is 0 Å². The molecule has 0 saturated carbocycles. The predicted octanol–water partition coefficient (Wildman–Crippen LogP) is 1.68. The van der Waals surface area contributed by atoms with Gasteiger partial charge in [0.2, 0.25) is 0 Å². The summed E-state index contributed by atoms with van der Waals surface area (Å²) in [6.07, 6.45) is 0. The summed E-state index contributed by atoms with van der Waals surface area (Å²) in [6.45, 7) is 3.91. The van der Waals surface area contributed by atoms with Crippen molar-refractivity contribution in [3.63, 3.8) is 0 Å². The summed E-state index contributed by atoms with van der Waals surface area (Å²) >= 11 is 3.09. The Bertz CT molecular complexity index is 293. The van der Waals surface area contributed by atoms with E-state index in [0.29, 0.717) is 0 Å². The highest BCUT2D eigenvalue weighted by atomic mass is 32.2. The van der Waals surface area contributed by atoms with Crippen molar-refractivity contribution >= 4 is 29.4 Å². The molecule has 0 fully saturated rings. The number of nitrogens with zero attached hydrogens (tertiary/aromatic N) is 1. The highest BCUT2D eigenvalue weighted by Crippen LogP contribution is 2.36.